The Hall–Kier alpha value is -5.11. The number of hydrogen-bond donors (Lipinski definition) is 6. The van der Waals surface area contributed by atoms with E-state index in [-0.39, 0.29) is 42.8 Å². The molecule has 7 N–H and O–H groups in total. The molecule has 0 saturated heterocycles. The average molecular weight is 652 g/mol. The van der Waals surface area contributed by atoms with Crippen LogP contribution in [0.15, 0.2) is 67.1 Å². The minimum atomic E-state index is -0.832. The van der Waals surface area contributed by atoms with Crippen molar-refractivity contribution in [2.45, 2.75) is 46.1 Å². The number of nitrogens with zero attached hydrogens (tertiary/aromatic N) is 3. The van der Waals surface area contributed by atoms with Crippen molar-refractivity contribution in [2.24, 2.45) is 5.73 Å². The summed E-state index contributed by atoms with van der Waals surface area (Å²) in [5.41, 5.74) is 8.77. The van der Waals surface area contributed by atoms with Gasteiger partial charge in [0, 0.05) is 48.9 Å². The molecule has 14 heteroatoms. The first kappa shape index (κ1) is 36.4. The van der Waals surface area contributed by atoms with E-state index < -0.39 is 18.5 Å². The number of aromatic nitrogens is 3. The van der Waals surface area contributed by atoms with Crippen LogP contribution in [-0.4, -0.2) is 71.0 Å². The van der Waals surface area contributed by atoms with Gasteiger partial charge in [0.1, 0.15) is 18.3 Å². The highest BCUT2D eigenvalue weighted by Crippen LogP contribution is 2.28. The van der Waals surface area contributed by atoms with E-state index in [1.165, 1.54) is 24.5 Å². The molecule has 0 aliphatic rings. The van der Waals surface area contributed by atoms with Crippen LogP contribution in [-0.2, 0) is 16.0 Å². The van der Waals surface area contributed by atoms with Crippen molar-refractivity contribution >= 4 is 40.4 Å². The number of carbonyl (C=O) groups is 2. The maximum atomic E-state index is 14.5. The topological polar surface area (TPSA) is 172 Å². The average Bonchev–Trinajstić information content (AvgIpc) is 3.48. The first-order valence-corrected chi connectivity index (χ1v) is 15.4. The summed E-state index contributed by atoms with van der Waals surface area (Å²) in [5, 5.41) is 19.0. The predicted octanol–water partition coefficient (Wildman–Crippen LogP) is 4.33. The van der Waals surface area contributed by atoms with E-state index in [9.17, 15) is 18.4 Å². The number of allylic oxidation sites excluding steroid dienone is 5. The van der Waals surface area contributed by atoms with Crippen molar-refractivity contribution in [3.8, 4) is 0 Å². The van der Waals surface area contributed by atoms with E-state index in [4.69, 9.17) is 15.9 Å². The van der Waals surface area contributed by atoms with Gasteiger partial charge in [-0.3, -0.25) is 19.4 Å². The first-order valence-electron chi connectivity index (χ1n) is 15.4. The van der Waals surface area contributed by atoms with Crippen molar-refractivity contribution in [2.75, 3.05) is 38.2 Å². The number of amides is 2. The van der Waals surface area contributed by atoms with Crippen LogP contribution < -0.4 is 27.0 Å². The van der Waals surface area contributed by atoms with Crippen LogP contribution in [0.3, 0.4) is 0 Å². The Kier molecular flexibility index (Phi) is 14.0. The van der Waals surface area contributed by atoms with Crippen LogP contribution in [0.4, 0.5) is 20.3 Å². The molecule has 0 bridgehead atoms. The van der Waals surface area contributed by atoms with E-state index in [0.717, 1.165) is 5.56 Å². The summed E-state index contributed by atoms with van der Waals surface area (Å²) in [4.78, 5) is 34.0. The number of benzene rings is 1. The van der Waals surface area contributed by atoms with E-state index in [1.807, 2.05) is 13.0 Å². The summed E-state index contributed by atoms with van der Waals surface area (Å²) in [6.45, 7) is 9.20. The summed E-state index contributed by atoms with van der Waals surface area (Å²) in [7, 11) is 0. The van der Waals surface area contributed by atoms with E-state index >= 15 is 0 Å². The van der Waals surface area contributed by atoms with Crippen LogP contribution in [0, 0.1) is 5.41 Å². The molecule has 1 atom stereocenters. The zero-order valence-corrected chi connectivity index (χ0v) is 27.0. The Morgan fingerprint density at radius 2 is 1.91 bits per heavy atom. The number of carbonyl (C=O) groups excluding carboxylic acids is 2. The van der Waals surface area contributed by atoms with Crippen LogP contribution >= 0.6 is 0 Å². The van der Waals surface area contributed by atoms with E-state index in [2.05, 4.69) is 37.8 Å². The molecular formula is C33H43F2N9O3. The van der Waals surface area contributed by atoms with Gasteiger partial charge in [-0.1, -0.05) is 13.5 Å². The molecule has 0 radical (unpaired) electrons. The quantitative estimate of drug-likeness (QED) is 0.0388. The third-order valence-electron chi connectivity index (χ3n) is 7.02. The number of hydrogen-bond acceptors (Lipinski definition) is 8. The standard InChI is InChI=1S/C33H43F2N9O3/c1-5-23-18-24(9-11-27(23)32(45)40-14-15-41-33(46)28(37)8-7-13-38-22(4)36)43-30-31-42-20-29(44(31)17-16-39-30)26(21(3)35)12-10-25(19-34)47-6-2/h9-12,16-18,20,28H,3,5-8,13-15,19,37H2,1-2,4H3,(H2,36,38)(H,39,43)(H,40,45)(H,41,46)/b25-10+,26-12+/t28-/m0/s1. The SMILES string of the molecule is C=C(F)/C(=C\C=C(/CF)OCC)c1cnc2c(Nc3ccc(C(=O)NCCNC(=O)[C@@H](N)CCCNC(C)=N)c(CC)c3)nccn12. The molecule has 2 amide bonds. The van der Waals surface area contributed by atoms with Gasteiger partial charge in [-0.25, -0.2) is 18.7 Å². The van der Waals surface area contributed by atoms with Crippen LogP contribution in [0.1, 0.15) is 55.2 Å². The van der Waals surface area contributed by atoms with Crippen LogP contribution in [0.5, 0.6) is 0 Å². The molecule has 0 fully saturated rings. The Morgan fingerprint density at radius 3 is 2.60 bits per heavy atom. The van der Waals surface area contributed by atoms with Crippen molar-refractivity contribution in [1.29, 1.82) is 5.41 Å². The highest BCUT2D eigenvalue weighted by atomic mass is 19.1. The zero-order chi connectivity index (χ0) is 34.3. The van der Waals surface area contributed by atoms with Gasteiger partial charge in [-0.15, -0.1) is 0 Å². The van der Waals surface area contributed by atoms with Crippen molar-refractivity contribution < 1.29 is 23.1 Å². The third kappa shape index (κ3) is 10.5. The summed E-state index contributed by atoms with van der Waals surface area (Å²) in [6.07, 6.45) is 9.10. The molecule has 0 aliphatic heterocycles. The van der Waals surface area contributed by atoms with Gasteiger partial charge < -0.3 is 31.7 Å². The summed E-state index contributed by atoms with van der Waals surface area (Å²) < 4.78 is 34.6. The normalized spacial score (nSPS) is 12.4. The molecule has 0 unspecified atom stereocenters. The zero-order valence-electron chi connectivity index (χ0n) is 27.0. The maximum absolute atomic E-state index is 14.5. The summed E-state index contributed by atoms with van der Waals surface area (Å²) in [5.74, 6) is -0.479. The second-order valence-electron chi connectivity index (χ2n) is 10.5. The highest BCUT2D eigenvalue weighted by Gasteiger charge is 2.17. The number of fused-ring (bicyclic) bond motifs is 1. The lowest BCUT2D eigenvalue weighted by Gasteiger charge is -2.14. The van der Waals surface area contributed by atoms with Crippen molar-refractivity contribution in [3.63, 3.8) is 0 Å². The Bertz CT molecular complexity index is 1630. The number of anilines is 2. The fourth-order valence-electron chi connectivity index (χ4n) is 4.65. The van der Waals surface area contributed by atoms with Crippen molar-refractivity contribution in [3.05, 3.63) is 83.9 Å². The van der Waals surface area contributed by atoms with Gasteiger partial charge in [0.25, 0.3) is 5.91 Å². The molecule has 252 valence electrons. The Balaban J connectivity index is 1.66. The third-order valence-corrected chi connectivity index (χ3v) is 7.02. The molecule has 1 aromatic carbocycles. The number of ether oxygens (including phenoxy) is 1. The molecule has 3 rings (SSSR count). The number of aryl methyl sites for hydroxylation is 1. The number of halogens is 2. The number of amidine groups is 1. The van der Waals surface area contributed by atoms with Crippen molar-refractivity contribution in [1.82, 2.24) is 30.3 Å². The molecule has 0 saturated carbocycles. The number of rotatable bonds is 18. The largest absolute Gasteiger partial charge is 0.495 e. The smallest absolute Gasteiger partial charge is 0.251 e. The van der Waals surface area contributed by atoms with Gasteiger partial charge in [0.2, 0.25) is 5.91 Å². The highest BCUT2D eigenvalue weighted by molar-refractivity contribution is 5.96. The van der Waals surface area contributed by atoms with E-state index in [1.54, 1.807) is 36.6 Å². The summed E-state index contributed by atoms with van der Waals surface area (Å²) >= 11 is 0. The van der Waals surface area contributed by atoms with Crippen LogP contribution in [0.25, 0.3) is 11.2 Å². The first-order chi connectivity index (χ1) is 22.6. The lowest BCUT2D eigenvalue weighted by atomic mass is 10.0. The maximum Gasteiger partial charge on any atom is 0.251 e. The van der Waals surface area contributed by atoms with Gasteiger partial charge in [-0.2, -0.15) is 0 Å². The predicted molar refractivity (Wildman–Crippen MR) is 180 cm³/mol. The molecule has 0 spiro atoms. The fourth-order valence-corrected chi connectivity index (χ4v) is 4.65. The molecule has 3 aromatic rings. The van der Waals surface area contributed by atoms with Gasteiger partial charge >= 0.3 is 0 Å². The number of alkyl halides is 1. The molecule has 47 heavy (non-hydrogen) atoms. The number of imidazole rings is 1. The Morgan fingerprint density at radius 1 is 1.15 bits per heavy atom. The molecule has 0 aliphatic carbocycles. The fraction of sp³-hybridized carbons (Fsp3) is 0.364. The lowest BCUT2D eigenvalue weighted by Crippen LogP contribution is -2.43. The molecular weight excluding hydrogens is 608 g/mol. The second-order valence-corrected chi connectivity index (χ2v) is 10.5. The lowest BCUT2D eigenvalue weighted by molar-refractivity contribution is -0.122. The molecule has 12 nitrogen and oxygen atoms in total. The number of nitrogens with one attached hydrogen (secondary N) is 5. The van der Waals surface area contributed by atoms with E-state index in [0.29, 0.717) is 60.1 Å². The molecule has 2 heterocycles. The Labute approximate surface area is 273 Å². The summed E-state index contributed by atoms with van der Waals surface area (Å²) in [6, 6.07) is 4.61. The van der Waals surface area contributed by atoms with Gasteiger partial charge in [0.15, 0.2) is 11.5 Å². The second kappa shape index (κ2) is 18.1. The monoisotopic (exact) mass is 651 g/mol. The molecule has 2 aromatic heterocycles. The van der Waals surface area contributed by atoms with Crippen LogP contribution in [0.2, 0.25) is 0 Å². The minimum Gasteiger partial charge on any atom is -0.495 e. The van der Waals surface area contributed by atoms with Gasteiger partial charge in [0.05, 0.1) is 30.4 Å². The van der Waals surface area contributed by atoms with Gasteiger partial charge in [-0.05, 0) is 69.0 Å². The minimum absolute atomic E-state index is 0.0652. The number of nitrogens with two attached hydrogens (primary N) is 1.